The number of hydrogen-bond acceptors (Lipinski definition) is 3. The minimum atomic E-state index is -3.67. The number of benzene rings is 1. The van der Waals surface area contributed by atoms with Crippen molar-refractivity contribution in [2.45, 2.75) is 43.0 Å². The highest BCUT2D eigenvalue weighted by Crippen LogP contribution is 2.32. The van der Waals surface area contributed by atoms with Gasteiger partial charge in [-0.15, -0.1) is 0 Å². The van der Waals surface area contributed by atoms with E-state index in [1.54, 1.807) is 18.2 Å². The fourth-order valence-corrected chi connectivity index (χ4v) is 4.41. The van der Waals surface area contributed by atoms with Gasteiger partial charge in [-0.3, -0.25) is 0 Å². The van der Waals surface area contributed by atoms with Crippen molar-refractivity contribution in [2.24, 2.45) is 5.92 Å². The topological polar surface area (TPSA) is 70.0 Å². The smallest absolute Gasteiger partial charge is 0.207 e. The quantitative estimate of drug-likeness (QED) is 0.903. The lowest BCUT2D eigenvalue weighted by Crippen LogP contribution is -2.49. The molecule has 2 rings (SSSR count). The van der Waals surface area contributed by atoms with Gasteiger partial charge in [-0.05, 0) is 49.8 Å². The van der Waals surface area contributed by atoms with Crippen molar-refractivity contribution < 1.29 is 8.42 Å². The number of nitrogens with zero attached hydrogens (tertiary/aromatic N) is 1. The van der Waals surface area contributed by atoms with E-state index in [1.807, 2.05) is 0 Å². The average molecular weight is 357 g/mol. The summed E-state index contributed by atoms with van der Waals surface area (Å²) in [7, 11) is -3.67. The van der Waals surface area contributed by atoms with Gasteiger partial charge in [-0.1, -0.05) is 28.9 Å². The van der Waals surface area contributed by atoms with Crippen molar-refractivity contribution in [1.29, 1.82) is 5.26 Å². The Kier molecular flexibility index (Phi) is 4.52. The monoisotopic (exact) mass is 356 g/mol. The van der Waals surface area contributed by atoms with E-state index in [9.17, 15) is 13.7 Å². The molecule has 1 aromatic rings. The highest BCUT2D eigenvalue weighted by Gasteiger charge is 2.38. The zero-order valence-electron chi connectivity index (χ0n) is 11.3. The number of halogens is 1. The normalized spacial score (nSPS) is 26.9. The molecule has 0 heterocycles. The molecule has 0 saturated heterocycles. The van der Waals surface area contributed by atoms with E-state index in [1.165, 1.54) is 6.07 Å². The minimum Gasteiger partial charge on any atom is -0.207 e. The Hall–Kier alpha value is -0.900. The van der Waals surface area contributed by atoms with Crippen molar-refractivity contribution in [1.82, 2.24) is 4.72 Å². The summed E-state index contributed by atoms with van der Waals surface area (Å²) in [4.78, 5) is 0.181. The Labute approximate surface area is 128 Å². The third-order valence-electron chi connectivity index (χ3n) is 3.78. The molecule has 0 bridgehead atoms. The van der Waals surface area contributed by atoms with Crippen LogP contribution < -0.4 is 4.72 Å². The molecule has 1 N–H and O–H groups in total. The molecule has 1 fully saturated rings. The molecule has 0 radical (unpaired) electrons. The molecule has 1 aliphatic rings. The second-order valence-electron chi connectivity index (χ2n) is 5.44. The van der Waals surface area contributed by atoms with Gasteiger partial charge in [0, 0.05) is 4.47 Å². The van der Waals surface area contributed by atoms with Gasteiger partial charge < -0.3 is 0 Å². The Bertz CT molecular complexity index is 629. The van der Waals surface area contributed by atoms with Crippen molar-refractivity contribution >= 4 is 26.0 Å². The molecule has 0 unspecified atom stereocenters. The molecule has 6 heteroatoms. The van der Waals surface area contributed by atoms with Crippen molar-refractivity contribution in [3.8, 4) is 6.07 Å². The SMILES string of the molecule is CC1CCC(C#N)(NS(=O)(=O)c2cccc(Br)c2)CC1. The van der Waals surface area contributed by atoms with Gasteiger partial charge in [0.2, 0.25) is 10.0 Å². The summed E-state index contributed by atoms with van der Waals surface area (Å²) in [5, 5.41) is 9.41. The largest absolute Gasteiger partial charge is 0.241 e. The van der Waals surface area contributed by atoms with Gasteiger partial charge >= 0.3 is 0 Å². The van der Waals surface area contributed by atoms with Gasteiger partial charge in [0.05, 0.1) is 11.0 Å². The third kappa shape index (κ3) is 3.40. The molecule has 0 spiro atoms. The van der Waals surface area contributed by atoms with Crippen LogP contribution in [0.1, 0.15) is 32.6 Å². The highest BCUT2D eigenvalue weighted by molar-refractivity contribution is 9.10. The Morgan fingerprint density at radius 1 is 1.40 bits per heavy atom. The summed E-state index contributed by atoms with van der Waals surface area (Å²) >= 11 is 3.26. The first-order chi connectivity index (χ1) is 9.37. The molecular formula is C14H17BrN2O2S. The summed E-state index contributed by atoms with van der Waals surface area (Å²) in [6, 6.07) is 8.68. The molecule has 0 amide bonds. The van der Waals surface area contributed by atoms with E-state index in [0.29, 0.717) is 23.2 Å². The van der Waals surface area contributed by atoms with E-state index < -0.39 is 15.6 Å². The van der Waals surface area contributed by atoms with E-state index >= 15 is 0 Å². The lowest BCUT2D eigenvalue weighted by molar-refractivity contribution is 0.278. The van der Waals surface area contributed by atoms with Crippen LogP contribution in [0, 0.1) is 17.2 Å². The molecule has 1 saturated carbocycles. The summed E-state index contributed by atoms with van der Waals surface area (Å²) in [5.41, 5.74) is -0.965. The van der Waals surface area contributed by atoms with Gasteiger partial charge in [0.15, 0.2) is 0 Å². The maximum atomic E-state index is 12.4. The predicted molar refractivity (Wildman–Crippen MR) is 80.4 cm³/mol. The second-order valence-corrected chi connectivity index (χ2v) is 8.04. The summed E-state index contributed by atoms with van der Waals surface area (Å²) in [6.07, 6.45) is 2.87. The van der Waals surface area contributed by atoms with Gasteiger partial charge in [0.1, 0.15) is 5.54 Å². The molecule has 1 aromatic carbocycles. The number of rotatable bonds is 3. The predicted octanol–water partition coefficient (Wildman–Crippen LogP) is 3.20. The number of nitrogens with one attached hydrogen (secondary N) is 1. The lowest BCUT2D eigenvalue weighted by atomic mass is 9.79. The fraction of sp³-hybridized carbons (Fsp3) is 0.500. The van der Waals surface area contributed by atoms with Crippen LogP contribution in [-0.4, -0.2) is 14.0 Å². The minimum absolute atomic E-state index is 0.181. The third-order valence-corrected chi connectivity index (χ3v) is 5.81. The van der Waals surface area contributed by atoms with Crippen molar-refractivity contribution in [3.05, 3.63) is 28.7 Å². The molecule has 0 aliphatic heterocycles. The maximum Gasteiger partial charge on any atom is 0.241 e. The molecule has 0 aromatic heterocycles. The first-order valence-corrected chi connectivity index (χ1v) is 8.85. The first kappa shape index (κ1) is 15.5. The highest BCUT2D eigenvalue weighted by atomic mass is 79.9. The van der Waals surface area contributed by atoms with Gasteiger partial charge in [-0.25, -0.2) is 8.42 Å². The van der Waals surface area contributed by atoms with Gasteiger partial charge in [0.25, 0.3) is 0 Å². The van der Waals surface area contributed by atoms with Crippen molar-refractivity contribution in [3.63, 3.8) is 0 Å². The molecule has 4 nitrogen and oxygen atoms in total. The first-order valence-electron chi connectivity index (χ1n) is 6.58. The Morgan fingerprint density at radius 3 is 2.60 bits per heavy atom. The lowest BCUT2D eigenvalue weighted by Gasteiger charge is -2.34. The molecular weight excluding hydrogens is 340 g/mol. The van der Waals surface area contributed by atoms with Crippen LogP contribution in [0.4, 0.5) is 0 Å². The standard InChI is InChI=1S/C14H17BrN2O2S/c1-11-5-7-14(10-16,8-6-11)17-20(18,19)13-4-2-3-12(15)9-13/h2-4,9,11,17H,5-8H2,1H3. The van der Waals surface area contributed by atoms with Crippen LogP contribution >= 0.6 is 15.9 Å². The number of nitriles is 1. The summed E-state index contributed by atoms with van der Waals surface area (Å²) in [5.74, 6) is 0.548. The maximum absolute atomic E-state index is 12.4. The Balaban J connectivity index is 2.25. The van der Waals surface area contributed by atoms with Crippen LogP contribution in [0.25, 0.3) is 0 Å². The van der Waals surface area contributed by atoms with E-state index in [2.05, 4.69) is 33.6 Å². The van der Waals surface area contributed by atoms with Gasteiger partial charge in [-0.2, -0.15) is 9.98 Å². The summed E-state index contributed by atoms with van der Waals surface area (Å²) < 4.78 is 28.1. The number of sulfonamides is 1. The Morgan fingerprint density at radius 2 is 2.05 bits per heavy atom. The second kappa shape index (κ2) is 5.84. The van der Waals surface area contributed by atoms with E-state index in [4.69, 9.17) is 0 Å². The molecule has 20 heavy (non-hydrogen) atoms. The van der Waals surface area contributed by atoms with Crippen LogP contribution in [0.15, 0.2) is 33.6 Å². The fourth-order valence-electron chi connectivity index (χ4n) is 2.44. The summed E-state index contributed by atoms with van der Waals surface area (Å²) in [6.45, 7) is 2.13. The molecule has 0 atom stereocenters. The van der Waals surface area contributed by atoms with E-state index in [0.717, 1.165) is 12.8 Å². The van der Waals surface area contributed by atoms with Crippen molar-refractivity contribution in [2.75, 3.05) is 0 Å². The van der Waals surface area contributed by atoms with Crippen LogP contribution in [-0.2, 0) is 10.0 Å². The zero-order valence-corrected chi connectivity index (χ0v) is 13.7. The van der Waals surface area contributed by atoms with E-state index in [-0.39, 0.29) is 4.90 Å². The molecule has 1 aliphatic carbocycles. The van der Waals surface area contributed by atoms with Crippen LogP contribution in [0.5, 0.6) is 0 Å². The zero-order chi connectivity index (χ0) is 14.8. The van der Waals surface area contributed by atoms with Crippen LogP contribution in [0.3, 0.4) is 0 Å². The van der Waals surface area contributed by atoms with Crippen LogP contribution in [0.2, 0.25) is 0 Å². The number of hydrogen-bond donors (Lipinski definition) is 1. The average Bonchev–Trinajstić information content (AvgIpc) is 2.41. The molecule has 108 valence electrons.